The molecule has 0 amide bonds. The topological polar surface area (TPSA) is 38.5 Å². The number of hydrogen-bond donors (Lipinski definition) is 0. The van der Waals surface area contributed by atoms with Crippen LogP contribution in [0.2, 0.25) is 0 Å². The van der Waals surface area contributed by atoms with Crippen molar-refractivity contribution in [2.45, 2.75) is 13.6 Å². The quantitative estimate of drug-likeness (QED) is 0.403. The summed E-state index contributed by atoms with van der Waals surface area (Å²) < 4.78 is 24.2. The number of para-hydroxylation sites is 1. The molecule has 8 heteroatoms. The largest absolute Gasteiger partial charge is 0.494 e. The first-order chi connectivity index (χ1) is 15.6. The van der Waals surface area contributed by atoms with Gasteiger partial charge in [-0.2, -0.15) is 0 Å². The van der Waals surface area contributed by atoms with Crippen LogP contribution in [0.3, 0.4) is 0 Å². The third-order valence-corrected chi connectivity index (χ3v) is 5.86. The van der Waals surface area contributed by atoms with Gasteiger partial charge in [0.1, 0.15) is 11.6 Å². The maximum absolute atomic E-state index is 14.7. The average Bonchev–Trinajstić information content (AvgIpc) is 3.12. The monoisotopic (exact) mass is 451 g/mol. The first kappa shape index (κ1) is 22.2. The van der Waals surface area contributed by atoms with Crippen molar-refractivity contribution in [3.05, 3.63) is 59.1 Å². The summed E-state index contributed by atoms with van der Waals surface area (Å²) in [5, 5.41) is 4.80. The first-order valence-electron chi connectivity index (χ1n) is 10.7. The molecule has 0 saturated carbocycles. The second kappa shape index (κ2) is 10.1. The molecule has 0 radical (unpaired) electrons. The normalized spacial score (nSPS) is 14.9. The Labute approximate surface area is 192 Å². The van der Waals surface area contributed by atoms with E-state index in [4.69, 9.17) is 28.5 Å². The third kappa shape index (κ3) is 4.75. The van der Waals surface area contributed by atoms with Gasteiger partial charge < -0.3 is 4.74 Å². The van der Waals surface area contributed by atoms with Crippen molar-refractivity contribution in [2.75, 3.05) is 39.3 Å². The number of rotatable bonds is 7. The highest BCUT2D eigenvalue weighted by Crippen LogP contribution is 2.26. The molecule has 1 aromatic heterocycles. The van der Waals surface area contributed by atoms with Crippen LogP contribution in [0.25, 0.3) is 17.1 Å². The highest BCUT2D eigenvalue weighted by Gasteiger charge is 2.21. The predicted octanol–water partition coefficient (Wildman–Crippen LogP) is 3.82. The van der Waals surface area contributed by atoms with Crippen LogP contribution in [-0.4, -0.2) is 63.5 Å². The Bertz CT molecular complexity index is 1160. The Kier molecular flexibility index (Phi) is 7.00. The Balaban J connectivity index is 1.69. The molecule has 1 fully saturated rings. The van der Waals surface area contributed by atoms with Gasteiger partial charge in [-0.1, -0.05) is 18.1 Å². The van der Waals surface area contributed by atoms with Crippen LogP contribution in [0.15, 0.2) is 48.5 Å². The van der Waals surface area contributed by atoms with Crippen molar-refractivity contribution in [1.82, 2.24) is 24.1 Å². The van der Waals surface area contributed by atoms with Crippen molar-refractivity contribution >= 4 is 12.2 Å². The standard InChI is InChI=1S/C24H26FN5OS/c1-3-13-27-14-16-28(17-15-27)18-29-24(32)30(22-8-6-5-7-21(22)25)23(26-29)19-9-11-20(12-10-19)31-4-2/h1,5-12H,4,13-18H2,2H3. The molecule has 0 bridgehead atoms. The molecule has 1 saturated heterocycles. The van der Waals surface area contributed by atoms with Gasteiger partial charge in [0, 0.05) is 31.7 Å². The van der Waals surface area contributed by atoms with E-state index in [1.165, 1.54) is 6.07 Å². The molecule has 3 aromatic rings. The minimum Gasteiger partial charge on any atom is -0.494 e. The summed E-state index contributed by atoms with van der Waals surface area (Å²) in [5.74, 6) is 3.72. The van der Waals surface area contributed by atoms with Crippen LogP contribution in [0.4, 0.5) is 4.39 Å². The summed E-state index contributed by atoms with van der Waals surface area (Å²) in [5.41, 5.74) is 1.21. The number of aromatic nitrogens is 3. The molecule has 1 aliphatic rings. The van der Waals surface area contributed by atoms with Gasteiger partial charge in [0.15, 0.2) is 5.82 Å². The van der Waals surface area contributed by atoms with Gasteiger partial charge >= 0.3 is 0 Å². The van der Waals surface area contributed by atoms with Crippen molar-refractivity contribution in [2.24, 2.45) is 0 Å². The van der Waals surface area contributed by atoms with Gasteiger partial charge in [0.25, 0.3) is 0 Å². The van der Waals surface area contributed by atoms with Gasteiger partial charge in [0.2, 0.25) is 4.77 Å². The number of benzene rings is 2. The summed E-state index contributed by atoms with van der Waals surface area (Å²) in [6.45, 7) is 7.27. The van der Waals surface area contributed by atoms with Gasteiger partial charge in [-0.15, -0.1) is 11.5 Å². The number of piperazine rings is 1. The van der Waals surface area contributed by atoms with Crippen molar-refractivity contribution in [1.29, 1.82) is 0 Å². The SMILES string of the molecule is C#CCN1CCN(Cn2nc(-c3ccc(OCC)cc3)n(-c3ccccc3F)c2=S)CC1. The van der Waals surface area contributed by atoms with Crippen LogP contribution < -0.4 is 4.74 Å². The van der Waals surface area contributed by atoms with E-state index < -0.39 is 0 Å². The van der Waals surface area contributed by atoms with Crippen molar-refractivity contribution in [3.8, 4) is 35.2 Å². The molecule has 4 rings (SSSR count). The van der Waals surface area contributed by atoms with Crippen LogP contribution in [0, 0.1) is 22.9 Å². The maximum Gasteiger partial charge on any atom is 0.204 e. The molecular weight excluding hydrogens is 425 g/mol. The molecule has 6 nitrogen and oxygen atoms in total. The smallest absolute Gasteiger partial charge is 0.204 e. The Hall–Kier alpha value is -2.99. The Morgan fingerprint density at radius 2 is 1.75 bits per heavy atom. The number of hydrogen-bond acceptors (Lipinski definition) is 5. The van der Waals surface area contributed by atoms with Gasteiger partial charge in [-0.05, 0) is 55.5 Å². The van der Waals surface area contributed by atoms with E-state index in [9.17, 15) is 4.39 Å². The zero-order valence-corrected chi connectivity index (χ0v) is 18.9. The van der Waals surface area contributed by atoms with E-state index in [0.717, 1.165) is 37.5 Å². The molecule has 166 valence electrons. The van der Waals surface area contributed by atoms with Crippen LogP contribution >= 0.6 is 12.2 Å². The lowest BCUT2D eigenvalue weighted by atomic mass is 10.2. The molecule has 1 aliphatic heterocycles. The van der Waals surface area contributed by atoms with E-state index in [2.05, 4.69) is 15.7 Å². The zero-order valence-electron chi connectivity index (χ0n) is 18.1. The molecule has 0 atom stereocenters. The lowest BCUT2D eigenvalue weighted by Crippen LogP contribution is -2.46. The maximum atomic E-state index is 14.7. The number of ether oxygens (including phenoxy) is 1. The van der Waals surface area contributed by atoms with E-state index in [0.29, 0.717) is 36.1 Å². The van der Waals surface area contributed by atoms with E-state index in [1.54, 1.807) is 27.4 Å². The van der Waals surface area contributed by atoms with Crippen LogP contribution in [0.1, 0.15) is 6.92 Å². The summed E-state index contributed by atoms with van der Waals surface area (Å²) in [7, 11) is 0. The van der Waals surface area contributed by atoms with Gasteiger partial charge in [-0.3, -0.25) is 14.4 Å². The lowest BCUT2D eigenvalue weighted by molar-refractivity contribution is 0.111. The predicted molar refractivity (Wildman–Crippen MR) is 126 cm³/mol. The molecule has 0 spiro atoms. The summed E-state index contributed by atoms with van der Waals surface area (Å²) in [6.07, 6.45) is 5.43. The molecule has 32 heavy (non-hydrogen) atoms. The fourth-order valence-corrected chi connectivity index (χ4v) is 4.09. The lowest BCUT2D eigenvalue weighted by Gasteiger charge is -2.33. The van der Waals surface area contributed by atoms with Gasteiger partial charge in [0.05, 0.1) is 25.5 Å². The minimum absolute atomic E-state index is 0.349. The fraction of sp³-hybridized carbons (Fsp3) is 0.333. The molecule has 2 aromatic carbocycles. The summed E-state index contributed by atoms with van der Waals surface area (Å²) >= 11 is 5.76. The minimum atomic E-state index is -0.349. The zero-order chi connectivity index (χ0) is 22.5. The number of halogens is 1. The van der Waals surface area contributed by atoms with E-state index >= 15 is 0 Å². The Morgan fingerprint density at radius 3 is 2.41 bits per heavy atom. The first-order valence-corrected chi connectivity index (χ1v) is 11.1. The third-order valence-electron chi connectivity index (χ3n) is 5.47. The Morgan fingerprint density at radius 1 is 1.06 bits per heavy atom. The molecule has 0 aliphatic carbocycles. The molecule has 0 N–H and O–H groups in total. The number of terminal acetylenes is 1. The summed E-state index contributed by atoms with van der Waals surface area (Å²) in [6, 6.07) is 14.2. The number of nitrogens with zero attached hydrogens (tertiary/aromatic N) is 5. The fourth-order valence-electron chi connectivity index (χ4n) is 3.81. The van der Waals surface area contributed by atoms with Crippen molar-refractivity contribution in [3.63, 3.8) is 0 Å². The second-order valence-electron chi connectivity index (χ2n) is 7.59. The van der Waals surface area contributed by atoms with Gasteiger partial charge in [-0.25, -0.2) is 9.07 Å². The van der Waals surface area contributed by atoms with E-state index in [-0.39, 0.29) is 5.82 Å². The highest BCUT2D eigenvalue weighted by atomic mass is 32.1. The molecular formula is C24H26FN5OS. The van der Waals surface area contributed by atoms with Crippen LogP contribution in [0.5, 0.6) is 5.75 Å². The summed E-state index contributed by atoms with van der Waals surface area (Å²) in [4.78, 5) is 4.53. The second-order valence-corrected chi connectivity index (χ2v) is 7.95. The van der Waals surface area contributed by atoms with Crippen molar-refractivity contribution < 1.29 is 9.13 Å². The highest BCUT2D eigenvalue weighted by molar-refractivity contribution is 7.71. The van der Waals surface area contributed by atoms with E-state index in [1.807, 2.05) is 31.2 Å². The molecule has 2 heterocycles. The molecule has 0 unspecified atom stereocenters. The average molecular weight is 452 g/mol. The van der Waals surface area contributed by atoms with Crippen LogP contribution in [-0.2, 0) is 6.67 Å².